The minimum absolute atomic E-state index is 0.0349. The lowest BCUT2D eigenvalue weighted by atomic mass is 10.1. The second kappa shape index (κ2) is 11.0. The highest BCUT2D eigenvalue weighted by molar-refractivity contribution is 6.31. The monoisotopic (exact) mass is 537 g/mol. The van der Waals surface area contributed by atoms with Crippen molar-refractivity contribution < 1.29 is 28.1 Å². The van der Waals surface area contributed by atoms with Crippen molar-refractivity contribution in [3.8, 4) is 28.7 Å². The highest BCUT2D eigenvalue weighted by atomic mass is 35.5. The van der Waals surface area contributed by atoms with Crippen LogP contribution in [-0.2, 0) is 0 Å². The average molecular weight is 538 g/mol. The van der Waals surface area contributed by atoms with E-state index in [9.17, 15) is 4.79 Å². The number of anilines is 1. The number of pyridine rings is 1. The predicted molar refractivity (Wildman–Crippen MR) is 142 cm³/mol. The third-order valence-corrected chi connectivity index (χ3v) is 6.22. The molecule has 0 aliphatic carbocycles. The van der Waals surface area contributed by atoms with Crippen molar-refractivity contribution in [3.05, 3.63) is 77.2 Å². The molecule has 2 amide bonds. The Morgan fingerprint density at radius 2 is 1.87 bits per heavy atom. The SMILES string of the molecule is CCOc1cc2nccc(Oc3ccc(NC(=O)NC(C)c4ccccc4Cl)cc3F)c2c2c1OCCO2. The first-order valence-corrected chi connectivity index (χ1v) is 12.5. The zero-order valence-corrected chi connectivity index (χ0v) is 21.5. The number of hydrogen-bond acceptors (Lipinski definition) is 6. The maximum absolute atomic E-state index is 15.1. The summed E-state index contributed by atoms with van der Waals surface area (Å²) in [7, 11) is 0. The van der Waals surface area contributed by atoms with Crippen molar-refractivity contribution in [1.29, 1.82) is 0 Å². The van der Waals surface area contributed by atoms with Gasteiger partial charge in [0.05, 0.1) is 23.6 Å². The molecule has 2 N–H and O–H groups in total. The first kappa shape index (κ1) is 25.4. The van der Waals surface area contributed by atoms with Crippen LogP contribution in [0.4, 0.5) is 14.9 Å². The molecule has 1 aromatic heterocycles. The van der Waals surface area contributed by atoms with Gasteiger partial charge in [-0.25, -0.2) is 9.18 Å². The molecule has 1 atom stereocenters. The van der Waals surface area contributed by atoms with Crippen LogP contribution in [0, 0.1) is 5.82 Å². The molecule has 2 heterocycles. The van der Waals surface area contributed by atoms with Crippen molar-refractivity contribution >= 4 is 34.2 Å². The Morgan fingerprint density at radius 3 is 2.63 bits per heavy atom. The third-order valence-electron chi connectivity index (χ3n) is 5.87. The summed E-state index contributed by atoms with van der Waals surface area (Å²) < 4.78 is 38.4. The molecule has 10 heteroatoms. The number of halogens is 2. The molecule has 3 aromatic carbocycles. The van der Waals surface area contributed by atoms with Crippen LogP contribution in [0.2, 0.25) is 5.02 Å². The summed E-state index contributed by atoms with van der Waals surface area (Å²) in [6.07, 6.45) is 1.56. The molecule has 4 aromatic rings. The molecular formula is C28H25ClFN3O5. The van der Waals surface area contributed by atoms with Gasteiger partial charge in [-0.1, -0.05) is 29.8 Å². The molecule has 1 unspecified atom stereocenters. The van der Waals surface area contributed by atoms with Gasteiger partial charge in [-0.3, -0.25) is 4.98 Å². The summed E-state index contributed by atoms with van der Waals surface area (Å²) >= 11 is 6.20. The fourth-order valence-corrected chi connectivity index (χ4v) is 4.47. The van der Waals surface area contributed by atoms with Crippen LogP contribution in [0.15, 0.2) is 60.8 Å². The number of nitrogens with one attached hydrogen (secondary N) is 2. The second-order valence-electron chi connectivity index (χ2n) is 8.46. The summed E-state index contributed by atoms with van der Waals surface area (Å²) in [6, 6.07) is 13.9. The Labute approximate surface area is 223 Å². The Kier molecular flexibility index (Phi) is 7.37. The minimum Gasteiger partial charge on any atom is -0.490 e. The number of hydrogen-bond donors (Lipinski definition) is 2. The maximum Gasteiger partial charge on any atom is 0.319 e. The number of carbonyl (C=O) groups excluding carboxylic acids is 1. The van der Waals surface area contributed by atoms with Gasteiger partial charge in [0.2, 0.25) is 5.75 Å². The van der Waals surface area contributed by atoms with Gasteiger partial charge in [0, 0.05) is 29.0 Å². The van der Waals surface area contributed by atoms with Gasteiger partial charge in [-0.2, -0.15) is 0 Å². The first-order chi connectivity index (χ1) is 18.4. The first-order valence-electron chi connectivity index (χ1n) is 12.1. The summed E-state index contributed by atoms with van der Waals surface area (Å²) in [5.41, 5.74) is 1.58. The molecule has 5 rings (SSSR count). The Hall–Kier alpha value is -4.24. The zero-order valence-electron chi connectivity index (χ0n) is 20.7. The van der Waals surface area contributed by atoms with Gasteiger partial charge in [0.1, 0.15) is 19.0 Å². The Bertz CT molecular complexity index is 1500. The number of rotatable bonds is 7. The number of carbonyl (C=O) groups is 1. The van der Waals surface area contributed by atoms with E-state index in [1.54, 1.807) is 30.5 Å². The van der Waals surface area contributed by atoms with E-state index in [0.29, 0.717) is 58.7 Å². The molecule has 1 aliphatic heterocycles. The highest BCUT2D eigenvalue weighted by Crippen LogP contribution is 2.48. The molecule has 0 fully saturated rings. The molecule has 8 nitrogen and oxygen atoms in total. The molecule has 1 aliphatic rings. The van der Waals surface area contributed by atoms with Crippen LogP contribution in [0.25, 0.3) is 10.9 Å². The molecule has 0 spiro atoms. The minimum atomic E-state index is -0.663. The molecule has 196 valence electrons. The van der Waals surface area contributed by atoms with Gasteiger partial charge in [0.25, 0.3) is 0 Å². The number of nitrogens with zero attached hydrogens (tertiary/aromatic N) is 1. The Balaban J connectivity index is 1.35. The number of urea groups is 1. The van der Waals surface area contributed by atoms with Gasteiger partial charge in [0.15, 0.2) is 23.1 Å². The van der Waals surface area contributed by atoms with E-state index in [1.807, 2.05) is 32.0 Å². The van der Waals surface area contributed by atoms with Crippen LogP contribution < -0.4 is 29.6 Å². The number of aromatic nitrogens is 1. The normalized spacial score (nSPS) is 13.1. The van der Waals surface area contributed by atoms with E-state index in [0.717, 1.165) is 5.56 Å². The number of fused-ring (bicyclic) bond motifs is 3. The van der Waals surface area contributed by atoms with Crippen molar-refractivity contribution in [2.45, 2.75) is 19.9 Å². The molecule has 0 radical (unpaired) electrons. The fraction of sp³-hybridized carbons (Fsp3) is 0.214. The lowest BCUT2D eigenvalue weighted by molar-refractivity contribution is 0.165. The number of amides is 2. The Morgan fingerprint density at radius 1 is 1.08 bits per heavy atom. The van der Waals surface area contributed by atoms with Crippen LogP contribution in [0.3, 0.4) is 0 Å². The predicted octanol–water partition coefficient (Wildman–Crippen LogP) is 6.87. The van der Waals surface area contributed by atoms with Crippen molar-refractivity contribution in [2.75, 3.05) is 25.1 Å². The molecule has 0 bridgehead atoms. The van der Waals surface area contributed by atoms with E-state index >= 15 is 4.39 Å². The van der Waals surface area contributed by atoms with Crippen LogP contribution >= 0.6 is 11.6 Å². The van der Waals surface area contributed by atoms with Gasteiger partial charge < -0.3 is 29.6 Å². The van der Waals surface area contributed by atoms with Crippen LogP contribution in [-0.4, -0.2) is 30.8 Å². The van der Waals surface area contributed by atoms with E-state index in [1.165, 1.54) is 12.1 Å². The number of ether oxygens (including phenoxy) is 4. The highest BCUT2D eigenvalue weighted by Gasteiger charge is 2.25. The van der Waals surface area contributed by atoms with E-state index in [4.69, 9.17) is 30.5 Å². The molecule has 0 saturated carbocycles. The maximum atomic E-state index is 15.1. The number of benzene rings is 3. The lowest BCUT2D eigenvalue weighted by Crippen LogP contribution is -2.31. The third kappa shape index (κ3) is 5.24. The van der Waals surface area contributed by atoms with Crippen molar-refractivity contribution in [2.24, 2.45) is 0 Å². The summed E-state index contributed by atoms with van der Waals surface area (Å²) in [5.74, 6) is 1.05. The lowest BCUT2D eigenvalue weighted by Gasteiger charge is -2.23. The summed E-state index contributed by atoms with van der Waals surface area (Å²) in [5, 5.41) is 6.51. The van der Waals surface area contributed by atoms with Gasteiger partial charge in [-0.15, -0.1) is 0 Å². The van der Waals surface area contributed by atoms with E-state index in [-0.39, 0.29) is 17.5 Å². The zero-order chi connectivity index (χ0) is 26.6. The standard InChI is InChI=1S/C28H25ClFN3O5/c1-3-35-24-15-21-25(27-26(24)36-12-13-37-27)23(10-11-31-21)38-22-9-8-17(14-20(22)30)33-28(34)32-16(2)18-6-4-5-7-19(18)29/h4-11,14-16H,3,12-13H2,1-2H3,(H2,32,33,34). The van der Waals surface area contributed by atoms with Gasteiger partial charge >= 0.3 is 6.03 Å². The average Bonchev–Trinajstić information content (AvgIpc) is 2.90. The van der Waals surface area contributed by atoms with Crippen LogP contribution in [0.1, 0.15) is 25.5 Å². The summed E-state index contributed by atoms with van der Waals surface area (Å²) in [6.45, 7) is 4.85. The summed E-state index contributed by atoms with van der Waals surface area (Å²) in [4.78, 5) is 16.9. The topological polar surface area (TPSA) is 90.9 Å². The quantitative estimate of drug-likeness (QED) is 0.267. The van der Waals surface area contributed by atoms with E-state index in [2.05, 4.69) is 15.6 Å². The second-order valence-corrected chi connectivity index (χ2v) is 8.86. The van der Waals surface area contributed by atoms with Crippen molar-refractivity contribution in [1.82, 2.24) is 10.3 Å². The van der Waals surface area contributed by atoms with E-state index < -0.39 is 11.8 Å². The molecular weight excluding hydrogens is 513 g/mol. The van der Waals surface area contributed by atoms with Gasteiger partial charge in [-0.05, 0) is 43.7 Å². The largest absolute Gasteiger partial charge is 0.490 e. The molecule has 38 heavy (non-hydrogen) atoms. The van der Waals surface area contributed by atoms with Crippen LogP contribution in [0.5, 0.6) is 28.7 Å². The molecule has 0 saturated heterocycles. The smallest absolute Gasteiger partial charge is 0.319 e. The fourth-order valence-electron chi connectivity index (χ4n) is 4.17. The van der Waals surface area contributed by atoms with Crippen molar-refractivity contribution in [3.63, 3.8) is 0 Å².